The van der Waals surface area contributed by atoms with Crippen LogP contribution in [0.15, 0.2) is 16.8 Å². The van der Waals surface area contributed by atoms with E-state index in [0.717, 1.165) is 25.7 Å². The lowest BCUT2D eigenvalue weighted by atomic mass is 10.1. The lowest BCUT2D eigenvalue weighted by molar-refractivity contribution is -0.134. The van der Waals surface area contributed by atoms with E-state index in [-0.39, 0.29) is 23.7 Å². The molecule has 1 aromatic heterocycles. The molecule has 5 heteroatoms. The molecule has 1 N–H and O–H groups in total. The van der Waals surface area contributed by atoms with Gasteiger partial charge in [-0.2, -0.15) is 11.3 Å². The molecule has 4 nitrogen and oxygen atoms in total. The summed E-state index contributed by atoms with van der Waals surface area (Å²) in [5.74, 6) is 0.268. The van der Waals surface area contributed by atoms with Crippen molar-refractivity contribution in [1.29, 1.82) is 0 Å². The number of hydrogen-bond acceptors (Lipinski definition) is 4. The number of thiophene rings is 1. The first-order chi connectivity index (χ1) is 9.72. The van der Waals surface area contributed by atoms with Crippen molar-refractivity contribution in [1.82, 2.24) is 10.2 Å². The number of rotatable bonds is 6. The second-order valence-electron chi connectivity index (χ2n) is 5.80. The average molecular weight is 294 g/mol. The summed E-state index contributed by atoms with van der Waals surface area (Å²) < 4.78 is 5.35. The number of nitrogens with one attached hydrogen (secondary N) is 1. The first-order valence-electron chi connectivity index (χ1n) is 7.33. The minimum atomic E-state index is -0.271. The molecule has 2 aliphatic rings. The van der Waals surface area contributed by atoms with Crippen LogP contribution in [0.2, 0.25) is 0 Å². The lowest BCUT2D eigenvalue weighted by Crippen LogP contribution is -2.43. The van der Waals surface area contributed by atoms with Gasteiger partial charge in [-0.15, -0.1) is 0 Å². The standard InChI is InChI=1S/C15H22N2O2S/c1-3-4-12(9-19-2)17-13(11-5-8-20-10-11)16-15(6-7-15)14(17)18/h5,8,10,12-13,16H,3-4,6-7,9H2,1-2H3. The fourth-order valence-corrected chi connectivity index (χ4v) is 3.80. The van der Waals surface area contributed by atoms with Crippen LogP contribution in [0.25, 0.3) is 0 Å². The van der Waals surface area contributed by atoms with E-state index in [4.69, 9.17) is 4.74 Å². The van der Waals surface area contributed by atoms with Crippen LogP contribution in [0.4, 0.5) is 0 Å². The zero-order valence-corrected chi connectivity index (χ0v) is 12.9. The highest BCUT2D eigenvalue weighted by molar-refractivity contribution is 7.07. The SMILES string of the molecule is CCCC(COC)N1C(=O)C2(CC2)NC1c1ccsc1. The summed E-state index contributed by atoms with van der Waals surface area (Å²) in [4.78, 5) is 14.8. The van der Waals surface area contributed by atoms with E-state index in [0.29, 0.717) is 6.61 Å². The molecule has 2 atom stereocenters. The lowest BCUT2D eigenvalue weighted by Gasteiger charge is -2.32. The van der Waals surface area contributed by atoms with Crippen molar-refractivity contribution >= 4 is 17.2 Å². The van der Waals surface area contributed by atoms with Crippen LogP contribution in [0.1, 0.15) is 44.3 Å². The number of hydrogen-bond donors (Lipinski definition) is 1. The van der Waals surface area contributed by atoms with Gasteiger partial charge in [-0.05, 0) is 41.7 Å². The van der Waals surface area contributed by atoms with Crippen molar-refractivity contribution in [2.24, 2.45) is 0 Å². The maximum Gasteiger partial charge on any atom is 0.244 e. The summed E-state index contributed by atoms with van der Waals surface area (Å²) in [7, 11) is 1.71. The maximum atomic E-state index is 12.8. The Morgan fingerprint density at radius 1 is 1.60 bits per heavy atom. The molecule has 0 radical (unpaired) electrons. The molecule has 2 unspecified atom stereocenters. The van der Waals surface area contributed by atoms with Crippen molar-refractivity contribution < 1.29 is 9.53 Å². The van der Waals surface area contributed by atoms with Gasteiger partial charge in [0, 0.05) is 7.11 Å². The molecule has 1 amide bonds. The van der Waals surface area contributed by atoms with Gasteiger partial charge in [-0.1, -0.05) is 13.3 Å². The first kappa shape index (κ1) is 14.0. The van der Waals surface area contributed by atoms with Crippen LogP contribution in [0, 0.1) is 0 Å². The molecule has 1 saturated heterocycles. The Morgan fingerprint density at radius 3 is 2.95 bits per heavy atom. The van der Waals surface area contributed by atoms with Gasteiger partial charge in [-0.3, -0.25) is 10.1 Å². The predicted molar refractivity (Wildman–Crippen MR) is 79.6 cm³/mol. The van der Waals surface area contributed by atoms with Gasteiger partial charge < -0.3 is 9.64 Å². The molecule has 1 aliphatic heterocycles. The summed E-state index contributed by atoms with van der Waals surface area (Å²) in [6, 6.07) is 2.27. The Kier molecular flexibility index (Phi) is 3.84. The Balaban J connectivity index is 1.89. The van der Waals surface area contributed by atoms with E-state index in [1.807, 2.05) is 4.90 Å². The molecule has 2 fully saturated rings. The van der Waals surface area contributed by atoms with Gasteiger partial charge in [0.2, 0.25) is 5.91 Å². The van der Waals surface area contributed by atoms with Gasteiger partial charge in [0.05, 0.1) is 12.6 Å². The van der Waals surface area contributed by atoms with Gasteiger partial charge in [0.1, 0.15) is 11.7 Å². The predicted octanol–water partition coefficient (Wildman–Crippen LogP) is 2.53. The molecule has 0 aromatic carbocycles. The van der Waals surface area contributed by atoms with E-state index >= 15 is 0 Å². The maximum absolute atomic E-state index is 12.8. The summed E-state index contributed by atoms with van der Waals surface area (Å²) in [6.45, 7) is 2.76. The molecule has 110 valence electrons. The highest BCUT2D eigenvalue weighted by Gasteiger charge is 2.60. The van der Waals surface area contributed by atoms with Crippen LogP contribution in [-0.4, -0.2) is 36.1 Å². The minimum Gasteiger partial charge on any atom is -0.383 e. The topological polar surface area (TPSA) is 41.6 Å². The van der Waals surface area contributed by atoms with Crippen molar-refractivity contribution in [3.63, 3.8) is 0 Å². The van der Waals surface area contributed by atoms with Crippen LogP contribution in [0.3, 0.4) is 0 Å². The van der Waals surface area contributed by atoms with Crippen molar-refractivity contribution in [3.8, 4) is 0 Å². The Hall–Kier alpha value is -0.910. The van der Waals surface area contributed by atoms with Crippen LogP contribution < -0.4 is 5.32 Å². The Bertz CT molecular complexity index is 464. The highest BCUT2D eigenvalue weighted by atomic mass is 32.1. The smallest absolute Gasteiger partial charge is 0.244 e. The number of ether oxygens (including phenoxy) is 1. The second-order valence-corrected chi connectivity index (χ2v) is 6.58. The minimum absolute atomic E-state index is 0.0166. The van der Waals surface area contributed by atoms with Crippen LogP contribution in [0.5, 0.6) is 0 Å². The molecule has 1 spiro atoms. The summed E-state index contributed by atoms with van der Waals surface area (Å²) in [6.07, 6.45) is 3.99. The van der Waals surface area contributed by atoms with Gasteiger partial charge in [0.25, 0.3) is 0 Å². The number of carbonyl (C=O) groups excluding carboxylic acids is 1. The largest absolute Gasteiger partial charge is 0.383 e. The fraction of sp³-hybridized carbons (Fsp3) is 0.667. The van der Waals surface area contributed by atoms with Crippen molar-refractivity contribution in [2.45, 2.75) is 50.4 Å². The quantitative estimate of drug-likeness (QED) is 0.876. The van der Waals surface area contributed by atoms with Crippen molar-refractivity contribution in [2.75, 3.05) is 13.7 Å². The van der Waals surface area contributed by atoms with Gasteiger partial charge in [-0.25, -0.2) is 0 Å². The summed E-state index contributed by atoms with van der Waals surface area (Å²) in [5, 5.41) is 7.77. The second kappa shape index (κ2) is 5.47. The Morgan fingerprint density at radius 2 is 2.40 bits per heavy atom. The monoisotopic (exact) mass is 294 g/mol. The molecule has 1 aliphatic carbocycles. The first-order valence-corrected chi connectivity index (χ1v) is 8.27. The molecule has 3 rings (SSSR count). The van der Waals surface area contributed by atoms with E-state index in [1.54, 1.807) is 18.4 Å². The molecule has 20 heavy (non-hydrogen) atoms. The third-order valence-electron chi connectivity index (χ3n) is 4.32. The van der Waals surface area contributed by atoms with E-state index in [2.05, 4.69) is 29.1 Å². The molecule has 0 bridgehead atoms. The molecular formula is C15H22N2O2S. The zero-order valence-electron chi connectivity index (χ0n) is 12.1. The summed E-state index contributed by atoms with van der Waals surface area (Å²) >= 11 is 1.68. The zero-order chi connectivity index (χ0) is 14.2. The third-order valence-corrected chi connectivity index (χ3v) is 5.02. The van der Waals surface area contributed by atoms with E-state index < -0.39 is 0 Å². The molecule has 1 aromatic rings. The summed E-state index contributed by atoms with van der Waals surface area (Å²) in [5.41, 5.74) is 0.927. The molecule has 1 saturated carbocycles. The number of nitrogens with zero attached hydrogens (tertiary/aromatic N) is 1. The normalized spacial score (nSPS) is 25.4. The van der Waals surface area contributed by atoms with E-state index in [1.165, 1.54) is 5.56 Å². The van der Waals surface area contributed by atoms with Gasteiger partial charge in [0.15, 0.2) is 0 Å². The average Bonchev–Trinajstić information content (AvgIpc) is 2.91. The molecule has 2 heterocycles. The van der Waals surface area contributed by atoms with E-state index in [9.17, 15) is 4.79 Å². The number of methoxy groups -OCH3 is 1. The fourth-order valence-electron chi connectivity index (χ4n) is 3.12. The Labute approximate surface area is 124 Å². The van der Waals surface area contributed by atoms with Crippen LogP contribution in [-0.2, 0) is 9.53 Å². The third kappa shape index (κ3) is 2.28. The molecular weight excluding hydrogens is 272 g/mol. The van der Waals surface area contributed by atoms with Crippen molar-refractivity contribution in [3.05, 3.63) is 22.4 Å². The number of carbonyl (C=O) groups is 1. The highest BCUT2D eigenvalue weighted by Crippen LogP contribution is 2.47. The number of amides is 1. The van der Waals surface area contributed by atoms with Crippen LogP contribution >= 0.6 is 11.3 Å². The van der Waals surface area contributed by atoms with Gasteiger partial charge >= 0.3 is 0 Å².